The highest BCUT2D eigenvalue weighted by Gasteiger charge is 2.12. The summed E-state index contributed by atoms with van der Waals surface area (Å²) >= 11 is 0. The van der Waals surface area contributed by atoms with Crippen LogP contribution in [0.15, 0.2) is 23.3 Å². The van der Waals surface area contributed by atoms with Crippen LogP contribution in [-0.4, -0.2) is 31.6 Å². The van der Waals surface area contributed by atoms with E-state index in [-0.39, 0.29) is 0 Å². The number of esters is 1. The number of hydrogen-bond donors (Lipinski definition) is 2. The molecule has 0 fully saturated rings. The van der Waals surface area contributed by atoms with Gasteiger partial charge in [-0.05, 0) is 17.7 Å². The number of nitrogens with one attached hydrogen (secondary N) is 1. The van der Waals surface area contributed by atoms with Crippen molar-refractivity contribution >= 4 is 12.2 Å². The molecule has 0 aliphatic heterocycles. The SMILES string of the molecule is COC(=O)c1ccc(C=NNO)cc1OC. The van der Waals surface area contributed by atoms with Gasteiger partial charge in [0.15, 0.2) is 0 Å². The van der Waals surface area contributed by atoms with Crippen LogP contribution in [0.4, 0.5) is 0 Å². The Bertz CT molecular complexity index is 404. The fourth-order valence-electron chi connectivity index (χ4n) is 1.17. The van der Waals surface area contributed by atoms with Crippen molar-refractivity contribution in [2.45, 2.75) is 0 Å². The van der Waals surface area contributed by atoms with Crippen LogP contribution in [-0.2, 0) is 4.74 Å². The fraction of sp³-hybridized carbons (Fsp3) is 0.200. The van der Waals surface area contributed by atoms with Gasteiger partial charge in [0.1, 0.15) is 11.3 Å². The van der Waals surface area contributed by atoms with Crippen molar-refractivity contribution in [3.8, 4) is 5.75 Å². The zero-order valence-corrected chi connectivity index (χ0v) is 8.93. The number of ether oxygens (including phenoxy) is 2. The van der Waals surface area contributed by atoms with Gasteiger partial charge in [-0.15, -0.1) is 0 Å². The first kappa shape index (κ1) is 12.0. The molecule has 0 radical (unpaired) electrons. The lowest BCUT2D eigenvalue weighted by atomic mass is 10.1. The van der Waals surface area contributed by atoms with E-state index >= 15 is 0 Å². The third-order valence-electron chi connectivity index (χ3n) is 1.90. The monoisotopic (exact) mass is 224 g/mol. The number of hydrazone groups is 1. The van der Waals surface area contributed by atoms with Gasteiger partial charge in [-0.1, -0.05) is 6.07 Å². The van der Waals surface area contributed by atoms with Crippen molar-refractivity contribution in [2.75, 3.05) is 14.2 Å². The third kappa shape index (κ3) is 2.71. The second-order valence-electron chi connectivity index (χ2n) is 2.81. The molecule has 16 heavy (non-hydrogen) atoms. The second-order valence-corrected chi connectivity index (χ2v) is 2.81. The minimum absolute atomic E-state index is 0.333. The van der Waals surface area contributed by atoms with Gasteiger partial charge >= 0.3 is 5.97 Å². The Morgan fingerprint density at radius 2 is 2.25 bits per heavy atom. The highest BCUT2D eigenvalue weighted by molar-refractivity contribution is 5.94. The molecule has 2 N–H and O–H groups in total. The molecule has 0 aromatic heterocycles. The van der Waals surface area contributed by atoms with E-state index in [1.165, 1.54) is 20.4 Å². The lowest BCUT2D eigenvalue weighted by Crippen LogP contribution is -2.04. The van der Waals surface area contributed by atoms with Crippen LogP contribution < -0.4 is 10.3 Å². The molecule has 0 atom stereocenters. The molecular weight excluding hydrogens is 212 g/mol. The topological polar surface area (TPSA) is 80.2 Å². The van der Waals surface area contributed by atoms with Crippen LogP contribution >= 0.6 is 0 Å². The molecule has 0 amide bonds. The molecule has 0 bridgehead atoms. The summed E-state index contributed by atoms with van der Waals surface area (Å²) < 4.78 is 9.64. The van der Waals surface area contributed by atoms with E-state index in [4.69, 9.17) is 9.94 Å². The smallest absolute Gasteiger partial charge is 0.341 e. The van der Waals surface area contributed by atoms with Crippen molar-refractivity contribution in [1.29, 1.82) is 0 Å². The average molecular weight is 224 g/mol. The fourth-order valence-corrected chi connectivity index (χ4v) is 1.17. The van der Waals surface area contributed by atoms with Crippen molar-refractivity contribution in [3.05, 3.63) is 29.3 Å². The molecule has 0 unspecified atom stereocenters. The number of nitrogens with zero attached hydrogens (tertiary/aromatic N) is 1. The molecule has 0 heterocycles. The molecule has 1 aromatic carbocycles. The summed E-state index contributed by atoms with van der Waals surface area (Å²) in [5, 5.41) is 11.7. The number of benzene rings is 1. The summed E-state index contributed by atoms with van der Waals surface area (Å²) in [5.74, 6) is -0.0886. The van der Waals surface area contributed by atoms with Gasteiger partial charge in [0.2, 0.25) is 0 Å². The van der Waals surface area contributed by atoms with Crippen LogP contribution in [0.5, 0.6) is 5.75 Å². The van der Waals surface area contributed by atoms with Gasteiger partial charge in [-0.2, -0.15) is 10.7 Å². The normalized spacial score (nSPS) is 10.2. The Morgan fingerprint density at radius 3 is 2.81 bits per heavy atom. The van der Waals surface area contributed by atoms with Crippen molar-refractivity contribution in [3.63, 3.8) is 0 Å². The lowest BCUT2D eigenvalue weighted by molar-refractivity contribution is 0.0597. The molecule has 0 saturated heterocycles. The van der Waals surface area contributed by atoms with Crippen molar-refractivity contribution in [2.24, 2.45) is 5.10 Å². The van der Waals surface area contributed by atoms with E-state index < -0.39 is 5.97 Å². The van der Waals surface area contributed by atoms with Gasteiger partial charge in [-0.3, -0.25) is 5.21 Å². The summed E-state index contributed by atoms with van der Waals surface area (Å²) in [6.07, 6.45) is 1.38. The van der Waals surface area contributed by atoms with Crippen LogP contribution in [0.25, 0.3) is 0 Å². The van der Waals surface area contributed by atoms with E-state index in [0.29, 0.717) is 16.9 Å². The summed E-state index contributed by atoms with van der Waals surface area (Å²) in [6, 6.07) is 4.81. The Kier molecular flexibility index (Phi) is 4.28. The quantitative estimate of drug-likeness (QED) is 0.449. The van der Waals surface area contributed by atoms with Crippen LogP contribution in [0, 0.1) is 0 Å². The minimum Gasteiger partial charge on any atom is -0.496 e. The Balaban J connectivity index is 3.06. The maximum Gasteiger partial charge on any atom is 0.341 e. The van der Waals surface area contributed by atoms with E-state index in [0.717, 1.165) is 0 Å². The van der Waals surface area contributed by atoms with Crippen molar-refractivity contribution < 1.29 is 19.5 Å². The molecule has 0 spiro atoms. The maximum atomic E-state index is 11.3. The molecule has 6 heteroatoms. The second kappa shape index (κ2) is 5.72. The average Bonchev–Trinajstić information content (AvgIpc) is 2.34. The molecular formula is C10H12N2O4. The maximum absolute atomic E-state index is 11.3. The van der Waals surface area contributed by atoms with Crippen molar-refractivity contribution in [1.82, 2.24) is 5.59 Å². The first-order valence-electron chi connectivity index (χ1n) is 4.41. The number of carbonyl (C=O) groups is 1. The van der Waals surface area contributed by atoms with E-state index in [2.05, 4.69) is 9.84 Å². The van der Waals surface area contributed by atoms with Crippen LogP contribution in [0.1, 0.15) is 15.9 Å². The van der Waals surface area contributed by atoms with Crippen LogP contribution in [0.3, 0.4) is 0 Å². The highest BCUT2D eigenvalue weighted by atomic mass is 16.5. The van der Waals surface area contributed by atoms with Gasteiger partial charge in [0, 0.05) is 0 Å². The van der Waals surface area contributed by atoms with Gasteiger partial charge in [-0.25, -0.2) is 4.79 Å². The van der Waals surface area contributed by atoms with Gasteiger partial charge in [0.05, 0.1) is 20.4 Å². The summed E-state index contributed by atoms with van der Waals surface area (Å²) in [5.41, 5.74) is 2.64. The Labute approximate surface area is 92.4 Å². The number of methoxy groups -OCH3 is 2. The van der Waals surface area contributed by atoms with E-state index in [1.807, 2.05) is 0 Å². The first-order valence-corrected chi connectivity index (χ1v) is 4.41. The first-order chi connectivity index (χ1) is 7.72. The Morgan fingerprint density at radius 1 is 1.50 bits per heavy atom. The zero-order chi connectivity index (χ0) is 12.0. The summed E-state index contributed by atoms with van der Waals surface area (Å²) in [4.78, 5) is 11.3. The molecule has 1 aromatic rings. The highest BCUT2D eigenvalue weighted by Crippen LogP contribution is 2.20. The molecule has 6 nitrogen and oxygen atoms in total. The number of rotatable bonds is 4. The van der Waals surface area contributed by atoms with E-state index in [9.17, 15) is 4.79 Å². The Hall–Kier alpha value is -2.08. The molecule has 0 aliphatic carbocycles. The summed E-state index contributed by atoms with van der Waals surface area (Å²) in [6.45, 7) is 0. The molecule has 0 aliphatic rings. The number of carbonyl (C=O) groups excluding carboxylic acids is 1. The molecule has 0 saturated carbocycles. The third-order valence-corrected chi connectivity index (χ3v) is 1.90. The standard InChI is InChI=1S/C10H12N2O4/c1-15-9-5-7(6-11-12-14)3-4-8(9)10(13)16-2/h3-6,12,14H,1-2H3. The largest absolute Gasteiger partial charge is 0.496 e. The lowest BCUT2D eigenvalue weighted by Gasteiger charge is -2.07. The molecule has 86 valence electrons. The van der Waals surface area contributed by atoms with E-state index in [1.54, 1.807) is 23.8 Å². The molecule has 1 rings (SSSR count). The van der Waals surface area contributed by atoms with Gasteiger partial charge in [0.25, 0.3) is 0 Å². The number of hydrogen-bond acceptors (Lipinski definition) is 6. The zero-order valence-electron chi connectivity index (χ0n) is 8.93. The van der Waals surface area contributed by atoms with Crippen LogP contribution in [0.2, 0.25) is 0 Å². The predicted octanol–water partition coefficient (Wildman–Crippen LogP) is 0.794. The minimum atomic E-state index is -0.472. The summed E-state index contributed by atoms with van der Waals surface area (Å²) in [7, 11) is 2.75. The predicted molar refractivity (Wildman–Crippen MR) is 56.8 cm³/mol. The van der Waals surface area contributed by atoms with Gasteiger partial charge < -0.3 is 9.47 Å².